The summed E-state index contributed by atoms with van der Waals surface area (Å²) in [7, 11) is 1.72. The number of hydrogen-bond acceptors (Lipinski definition) is 3. The van der Waals surface area contributed by atoms with Gasteiger partial charge in [-0.1, -0.05) is 36.4 Å². The third kappa shape index (κ3) is 3.91. The van der Waals surface area contributed by atoms with Gasteiger partial charge in [0.05, 0.1) is 7.11 Å². The highest BCUT2D eigenvalue weighted by molar-refractivity contribution is 5.81. The van der Waals surface area contributed by atoms with E-state index in [1.54, 1.807) is 7.11 Å². The summed E-state index contributed by atoms with van der Waals surface area (Å²) in [5, 5.41) is 0. The Balaban J connectivity index is 1.35. The lowest BCUT2D eigenvalue weighted by molar-refractivity contribution is -0.131. The first-order chi connectivity index (χ1) is 14.2. The van der Waals surface area contributed by atoms with Crippen LogP contribution in [0.4, 0.5) is 0 Å². The molecule has 4 nitrogen and oxygen atoms in total. The van der Waals surface area contributed by atoms with Crippen molar-refractivity contribution < 1.29 is 9.53 Å². The fourth-order valence-corrected chi connectivity index (χ4v) is 5.12. The van der Waals surface area contributed by atoms with Crippen LogP contribution in [0.3, 0.4) is 0 Å². The molecule has 2 fully saturated rings. The van der Waals surface area contributed by atoms with Gasteiger partial charge in [0.15, 0.2) is 0 Å². The van der Waals surface area contributed by atoms with Gasteiger partial charge in [-0.05, 0) is 54.0 Å². The Morgan fingerprint density at radius 3 is 2.69 bits per heavy atom. The molecule has 4 heteroatoms. The van der Waals surface area contributed by atoms with Crippen molar-refractivity contribution >= 4 is 5.91 Å². The van der Waals surface area contributed by atoms with Crippen molar-refractivity contribution in [1.82, 2.24) is 9.80 Å². The van der Waals surface area contributed by atoms with E-state index in [0.717, 1.165) is 57.7 Å². The van der Waals surface area contributed by atoms with E-state index in [2.05, 4.69) is 52.3 Å². The van der Waals surface area contributed by atoms with Crippen LogP contribution in [0.1, 0.15) is 35.4 Å². The van der Waals surface area contributed by atoms with Crippen LogP contribution < -0.4 is 4.74 Å². The number of benzene rings is 2. The minimum Gasteiger partial charge on any atom is -0.497 e. The first kappa shape index (κ1) is 18.7. The van der Waals surface area contributed by atoms with Crippen molar-refractivity contribution in [1.29, 1.82) is 0 Å². The summed E-state index contributed by atoms with van der Waals surface area (Å²) >= 11 is 0. The molecule has 5 rings (SSSR count). The quantitative estimate of drug-likeness (QED) is 0.780. The average Bonchev–Trinajstić information content (AvgIpc) is 3.53. The van der Waals surface area contributed by atoms with Crippen molar-refractivity contribution in [3.05, 3.63) is 65.2 Å². The van der Waals surface area contributed by atoms with Gasteiger partial charge in [-0.3, -0.25) is 9.69 Å². The zero-order valence-electron chi connectivity index (χ0n) is 17.2. The normalized spacial score (nSPS) is 24.4. The number of rotatable bonds is 5. The van der Waals surface area contributed by atoms with Gasteiger partial charge < -0.3 is 9.64 Å². The molecule has 29 heavy (non-hydrogen) atoms. The molecule has 1 saturated carbocycles. The number of carbonyl (C=O) groups excluding carboxylic acids is 1. The second-order valence-electron chi connectivity index (χ2n) is 8.91. The number of hydrogen-bond donors (Lipinski definition) is 0. The fraction of sp³-hybridized carbons (Fsp3) is 0.480. The maximum Gasteiger partial charge on any atom is 0.225 e. The molecule has 1 saturated heterocycles. The highest BCUT2D eigenvalue weighted by Crippen LogP contribution is 2.39. The van der Waals surface area contributed by atoms with Crippen LogP contribution in [0.25, 0.3) is 0 Å². The van der Waals surface area contributed by atoms with Crippen LogP contribution in [0, 0.1) is 11.8 Å². The van der Waals surface area contributed by atoms with E-state index in [-0.39, 0.29) is 0 Å². The Kier molecular flexibility index (Phi) is 5.04. The lowest BCUT2D eigenvalue weighted by Gasteiger charge is -2.32. The lowest BCUT2D eigenvalue weighted by atomic mass is 9.87. The Morgan fingerprint density at radius 1 is 1.07 bits per heavy atom. The van der Waals surface area contributed by atoms with Gasteiger partial charge in [-0.25, -0.2) is 0 Å². The molecule has 0 spiro atoms. The van der Waals surface area contributed by atoms with Gasteiger partial charge >= 0.3 is 0 Å². The van der Waals surface area contributed by atoms with Gasteiger partial charge in [0, 0.05) is 44.6 Å². The fourth-order valence-electron chi connectivity index (χ4n) is 5.12. The van der Waals surface area contributed by atoms with E-state index >= 15 is 0 Å². The minimum atomic E-state index is 0.293. The van der Waals surface area contributed by atoms with Gasteiger partial charge in [-0.2, -0.15) is 0 Å². The van der Waals surface area contributed by atoms with Crippen LogP contribution in [0.5, 0.6) is 5.75 Å². The van der Waals surface area contributed by atoms with E-state index in [1.165, 1.54) is 16.7 Å². The molecule has 1 amide bonds. The highest BCUT2D eigenvalue weighted by Gasteiger charge is 2.41. The number of fused-ring (bicyclic) bond motifs is 1. The molecule has 0 radical (unpaired) electrons. The van der Waals surface area contributed by atoms with Gasteiger partial charge in [0.1, 0.15) is 5.75 Å². The number of nitrogens with zero attached hydrogens (tertiary/aromatic N) is 2. The molecule has 2 heterocycles. The molecular formula is C25H30N2O2. The zero-order chi connectivity index (χ0) is 19.8. The lowest BCUT2D eigenvalue weighted by Crippen LogP contribution is -2.37. The van der Waals surface area contributed by atoms with E-state index in [0.29, 0.717) is 23.7 Å². The Morgan fingerprint density at radius 2 is 1.90 bits per heavy atom. The third-order valence-electron chi connectivity index (χ3n) is 6.90. The second-order valence-corrected chi connectivity index (χ2v) is 8.91. The number of ether oxygens (including phenoxy) is 1. The van der Waals surface area contributed by atoms with E-state index in [1.807, 2.05) is 6.07 Å². The molecule has 2 aliphatic heterocycles. The summed E-state index contributed by atoms with van der Waals surface area (Å²) in [4.78, 5) is 17.5. The highest BCUT2D eigenvalue weighted by atomic mass is 16.5. The average molecular weight is 391 g/mol. The minimum absolute atomic E-state index is 0.293. The maximum atomic E-state index is 12.8. The standard InChI is InChI=1S/C25H30N2O2/c1-29-23-8-4-7-20(13-23)24-17-27(25(28)19-9-10-19)16-22(24)15-26-12-11-18-5-2-3-6-21(18)14-26/h2-8,13,19,22,24H,9-12,14-17H2,1H3. The summed E-state index contributed by atoms with van der Waals surface area (Å²) in [6.45, 7) is 4.90. The van der Waals surface area contributed by atoms with Crippen LogP contribution in [-0.2, 0) is 17.8 Å². The van der Waals surface area contributed by atoms with Crippen molar-refractivity contribution in [2.24, 2.45) is 11.8 Å². The molecule has 3 aliphatic rings. The maximum absolute atomic E-state index is 12.8. The topological polar surface area (TPSA) is 32.8 Å². The molecule has 1 aliphatic carbocycles. The summed E-state index contributed by atoms with van der Waals surface area (Å²) in [6, 6.07) is 17.3. The first-order valence-electron chi connectivity index (χ1n) is 10.9. The Labute approximate surface area is 173 Å². The SMILES string of the molecule is COc1cccc(C2CN(C(=O)C3CC3)CC2CN2CCc3ccccc3C2)c1. The van der Waals surface area contributed by atoms with E-state index in [4.69, 9.17) is 4.74 Å². The van der Waals surface area contributed by atoms with Crippen LogP contribution in [0.15, 0.2) is 48.5 Å². The van der Waals surface area contributed by atoms with Crippen LogP contribution in [0.2, 0.25) is 0 Å². The van der Waals surface area contributed by atoms with E-state index in [9.17, 15) is 4.79 Å². The van der Waals surface area contributed by atoms with Gasteiger partial charge in [0.25, 0.3) is 0 Å². The predicted octanol–water partition coefficient (Wildman–Crippen LogP) is 3.71. The van der Waals surface area contributed by atoms with Crippen LogP contribution in [-0.4, -0.2) is 49.0 Å². The van der Waals surface area contributed by atoms with Gasteiger partial charge in [-0.15, -0.1) is 0 Å². The van der Waals surface area contributed by atoms with Crippen molar-refractivity contribution in [2.45, 2.75) is 31.7 Å². The predicted molar refractivity (Wildman–Crippen MR) is 114 cm³/mol. The summed E-state index contributed by atoms with van der Waals surface area (Å²) < 4.78 is 5.47. The Bertz CT molecular complexity index is 892. The second kappa shape index (κ2) is 7.83. The molecule has 2 aromatic carbocycles. The number of methoxy groups -OCH3 is 1. The largest absolute Gasteiger partial charge is 0.497 e. The summed E-state index contributed by atoms with van der Waals surface area (Å²) in [5.41, 5.74) is 4.25. The molecule has 0 bridgehead atoms. The zero-order valence-corrected chi connectivity index (χ0v) is 17.2. The first-order valence-corrected chi connectivity index (χ1v) is 10.9. The van der Waals surface area contributed by atoms with Crippen molar-refractivity contribution in [2.75, 3.05) is 33.3 Å². The molecule has 152 valence electrons. The molecule has 2 unspecified atom stereocenters. The molecule has 0 aromatic heterocycles. The van der Waals surface area contributed by atoms with Crippen molar-refractivity contribution in [3.63, 3.8) is 0 Å². The van der Waals surface area contributed by atoms with Crippen LogP contribution >= 0.6 is 0 Å². The monoisotopic (exact) mass is 390 g/mol. The van der Waals surface area contributed by atoms with E-state index < -0.39 is 0 Å². The molecular weight excluding hydrogens is 360 g/mol. The summed E-state index contributed by atoms with van der Waals surface area (Å²) in [5.74, 6) is 2.42. The smallest absolute Gasteiger partial charge is 0.225 e. The number of likely N-dealkylation sites (tertiary alicyclic amines) is 1. The molecule has 2 aromatic rings. The number of carbonyl (C=O) groups is 1. The molecule has 0 N–H and O–H groups in total. The van der Waals surface area contributed by atoms with Gasteiger partial charge in [0.2, 0.25) is 5.91 Å². The molecule has 2 atom stereocenters. The number of amides is 1. The Hall–Kier alpha value is -2.33. The summed E-state index contributed by atoms with van der Waals surface area (Å²) in [6.07, 6.45) is 3.27. The third-order valence-corrected chi connectivity index (χ3v) is 6.90. The van der Waals surface area contributed by atoms with Crippen molar-refractivity contribution in [3.8, 4) is 5.75 Å².